The maximum Gasteiger partial charge on any atom is 0.253 e. The number of hydrogen-bond acceptors (Lipinski definition) is 5. The number of aromatic amines is 1. The third-order valence-corrected chi connectivity index (χ3v) is 6.09. The van der Waals surface area contributed by atoms with Gasteiger partial charge in [0.05, 0.1) is 36.4 Å². The molecule has 1 fully saturated rings. The van der Waals surface area contributed by atoms with Crippen LogP contribution in [-0.4, -0.2) is 51.7 Å². The highest BCUT2D eigenvalue weighted by atomic mass is 16.5. The maximum absolute atomic E-state index is 12.6. The summed E-state index contributed by atoms with van der Waals surface area (Å²) >= 11 is 0. The van der Waals surface area contributed by atoms with Crippen LogP contribution in [0, 0.1) is 0 Å². The first-order valence-electron chi connectivity index (χ1n) is 11.6. The molecular weight excluding hydrogens is 428 g/mol. The molecule has 0 aliphatic carbocycles. The van der Waals surface area contributed by atoms with E-state index in [0.717, 1.165) is 60.1 Å². The minimum Gasteiger partial charge on any atom is -0.378 e. The molecule has 0 spiro atoms. The number of pyridine rings is 1. The fourth-order valence-electron chi connectivity index (χ4n) is 4.08. The van der Waals surface area contributed by atoms with Gasteiger partial charge in [-0.1, -0.05) is 6.07 Å². The number of anilines is 1. The number of ether oxygens (including phenoxy) is 1. The number of benzene rings is 1. The third kappa shape index (κ3) is 4.68. The van der Waals surface area contributed by atoms with E-state index in [1.807, 2.05) is 41.4 Å². The van der Waals surface area contributed by atoms with Crippen molar-refractivity contribution in [1.82, 2.24) is 24.8 Å². The number of carbonyl (C=O) groups excluding carboxylic acids is 1. The number of morpholine rings is 1. The van der Waals surface area contributed by atoms with Gasteiger partial charge in [-0.25, -0.2) is 9.97 Å². The van der Waals surface area contributed by atoms with Crippen LogP contribution in [0.3, 0.4) is 0 Å². The summed E-state index contributed by atoms with van der Waals surface area (Å²) in [6.07, 6.45) is 5.71. The first-order chi connectivity index (χ1) is 16.4. The van der Waals surface area contributed by atoms with Gasteiger partial charge in [0.2, 0.25) is 0 Å². The van der Waals surface area contributed by atoms with Gasteiger partial charge >= 0.3 is 0 Å². The summed E-state index contributed by atoms with van der Waals surface area (Å²) in [5, 5.41) is 2.96. The molecule has 8 nitrogen and oxygen atoms in total. The Morgan fingerprint density at radius 1 is 1.12 bits per heavy atom. The molecule has 5 rings (SSSR count). The fourth-order valence-corrected chi connectivity index (χ4v) is 4.08. The summed E-state index contributed by atoms with van der Waals surface area (Å²) in [4.78, 5) is 27.4. The number of carbonyl (C=O) groups is 1. The van der Waals surface area contributed by atoms with E-state index in [0.29, 0.717) is 12.1 Å². The highest BCUT2D eigenvalue weighted by Crippen LogP contribution is 2.25. The lowest BCUT2D eigenvalue weighted by Gasteiger charge is -2.27. The van der Waals surface area contributed by atoms with Crippen molar-refractivity contribution in [2.75, 3.05) is 31.2 Å². The first-order valence-corrected chi connectivity index (χ1v) is 11.6. The number of H-pyrrole nitrogens is 1. The molecule has 1 aliphatic heterocycles. The standard InChI is InChI=1S/C26H30N6O2/c1-26(2,3)32-9-8-20(17-32)25(33)28-16-23-29-21-6-4-18(14-22(21)30-23)19-5-7-24(27-15-19)31-10-12-34-13-11-31/h4-9,14-15,17H,10-13,16H2,1-3H3,(H,28,33)(H,29,30). The van der Waals surface area contributed by atoms with Crippen LogP contribution in [0.15, 0.2) is 55.0 Å². The summed E-state index contributed by atoms with van der Waals surface area (Å²) in [5.74, 6) is 1.58. The SMILES string of the molecule is CC(C)(C)n1ccc(C(=O)NCc2nc3ccc(-c4ccc(N5CCOCC5)nc4)cc3[nH]2)c1. The van der Waals surface area contributed by atoms with Gasteiger partial charge in [-0.3, -0.25) is 4.79 Å². The number of hydrogen-bond donors (Lipinski definition) is 2. The molecule has 176 valence electrons. The van der Waals surface area contributed by atoms with Crippen molar-refractivity contribution < 1.29 is 9.53 Å². The lowest BCUT2D eigenvalue weighted by atomic mass is 10.1. The molecule has 4 heterocycles. The molecular formula is C26H30N6O2. The van der Waals surface area contributed by atoms with Crippen LogP contribution in [0.2, 0.25) is 0 Å². The molecule has 1 amide bonds. The Labute approximate surface area is 199 Å². The van der Waals surface area contributed by atoms with Gasteiger partial charge < -0.3 is 24.5 Å². The zero-order valence-electron chi connectivity index (χ0n) is 19.8. The second-order valence-electron chi connectivity index (χ2n) is 9.58. The predicted octanol–water partition coefficient (Wildman–Crippen LogP) is 3.95. The Hall–Kier alpha value is -3.65. The van der Waals surface area contributed by atoms with Crippen molar-refractivity contribution in [2.45, 2.75) is 32.9 Å². The van der Waals surface area contributed by atoms with E-state index in [1.54, 1.807) is 0 Å². The number of aromatic nitrogens is 4. The third-order valence-electron chi connectivity index (χ3n) is 6.09. The monoisotopic (exact) mass is 458 g/mol. The molecule has 1 saturated heterocycles. The van der Waals surface area contributed by atoms with Crippen LogP contribution in [0.1, 0.15) is 37.0 Å². The quantitative estimate of drug-likeness (QED) is 0.473. The number of rotatable bonds is 5. The zero-order chi connectivity index (χ0) is 23.7. The second-order valence-corrected chi connectivity index (χ2v) is 9.58. The van der Waals surface area contributed by atoms with Crippen LogP contribution in [0.5, 0.6) is 0 Å². The number of nitrogens with zero attached hydrogens (tertiary/aromatic N) is 4. The van der Waals surface area contributed by atoms with Crippen molar-refractivity contribution in [3.63, 3.8) is 0 Å². The summed E-state index contributed by atoms with van der Waals surface area (Å²) in [5.41, 5.74) is 4.49. The molecule has 0 bridgehead atoms. The minimum atomic E-state index is -0.115. The average molecular weight is 459 g/mol. The largest absolute Gasteiger partial charge is 0.378 e. The summed E-state index contributed by atoms with van der Waals surface area (Å²) in [7, 11) is 0. The molecule has 1 aliphatic rings. The number of amides is 1. The summed E-state index contributed by atoms with van der Waals surface area (Å²) in [6.45, 7) is 9.87. The fraction of sp³-hybridized carbons (Fsp3) is 0.346. The Kier molecular flexibility index (Phi) is 5.83. The van der Waals surface area contributed by atoms with E-state index in [-0.39, 0.29) is 11.4 Å². The Bertz CT molecular complexity index is 1290. The molecule has 34 heavy (non-hydrogen) atoms. The Morgan fingerprint density at radius 3 is 2.62 bits per heavy atom. The molecule has 0 saturated carbocycles. The topological polar surface area (TPSA) is 88.1 Å². The van der Waals surface area contributed by atoms with E-state index in [9.17, 15) is 4.79 Å². The van der Waals surface area contributed by atoms with E-state index in [4.69, 9.17) is 4.74 Å². The van der Waals surface area contributed by atoms with Gasteiger partial charge in [0, 0.05) is 42.8 Å². The number of imidazole rings is 1. The van der Waals surface area contributed by atoms with E-state index in [1.165, 1.54) is 0 Å². The first kappa shape index (κ1) is 22.2. The van der Waals surface area contributed by atoms with Crippen molar-refractivity contribution in [2.24, 2.45) is 0 Å². The molecule has 0 unspecified atom stereocenters. The smallest absolute Gasteiger partial charge is 0.253 e. The molecule has 4 aromatic rings. The van der Waals surface area contributed by atoms with Gasteiger partial charge in [0.1, 0.15) is 11.6 Å². The minimum absolute atomic E-state index is 0.0622. The lowest BCUT2D eigenvalue weighted by molar-refractivity contribution is 0.0950. The van der Waals surface area contributed by atoms with Crippen LogP contribution in [-0.2, 0) is 16.8 Å². The van der Waals surface area contributed by atoms with E-state index in [2.05, 4.69) is 64.1 Å². The zero-order valence-corrected chi connectivity index (χ0v) is 19.8. The van der Waals surface area contributed by atoms with E-state index < -0.39 is 0 Å². The van der Waals surface area contributed by atoms with Gasteiger partial charge in [0.25, 0.3) is 5.91 Å². The summed E-state index contributed by atoms with van der Waals surface area (Å²) < 4.78 is 7.45. The van der Waals surface area contributed by atoms with Crippen molar-refractivity contribution in [3.8, 4) is 11.1 Å². The molecule has 8 heteroatoms. The van der Waals surface area contributed by atoms with Crippen molar-refractivity contribution in [1.29, 1.82) is 0 Å². The predicted molar refractivity (Wildman–Crippen MR) is 133 cm³/mol. The number of nitrogens with one attached hydrogen (secondary N) is 2. The Balaban J connectivity index is 1.26. The number of fused-ring (bicyclic) bond motifs is 1. The lowest BCUT2D eigenvalue weighted by Crippen LogP contribution is -2.36. The van der Waals surface area contributed by atoms with Crippen molar-refractivity contribution in [3.05, 3.63) is 66.4 Å². The molecule has 0 atom stereocenters. The molecule has 2 N–H and O–H groups in total. The van der Waals surface area contributed by atoms with Crippen LogP contribution < -0.4 is 10.2 Å². The van der Waals surface area contributed by atoms with Gasteiger partial charge in [-0.15, -0.1) is 0 Å². The Morgan fingerprint density at radius 2 is 1.91 bits per heavy atom. The van der Waals surface area contributed by atoms with Crippen LogP contribution in [0.25, 0.3) is 22.2 Å². The van der Waals surface area contributed by atoms with Gasteiger partial charge in [-0.05, 0) is 56.7 Å². The van der Waals surface area contributed by atoms with Crippen LogP contribution >= 0.6 is 0 Å². The normalized spacial score (nSPS) is 14.5. The van der Waals surface area contributed by atoms with Gasteiger partial charge in [-0.2, -0.15) is 0 Å². The van der Waals surface area contributed by atoms with Crippen molar-refractivity contribution >= 4 is 22.8 Å². The maximum atomic E-state index is 12.6. The highest BCUT2D eigenvalue weighted by Gasteiger charge is 2.16. The molecule has 0 radical (unpaired) electrons. The average Bonchev–Trinajstić information content (AvgIpc) is 3.50. The second kappa shape index (κ2) is 8.95. The van der Waals surface area contributed by atoms with E-state index >= 15 is 0 Å². The molecule has 3 aromatic heterocycles. The summed E-state index contributed by atoms with van der Waals surface area (Å²) in [6, 6.07) is 12.1. The highest BCUT2D eigenvalue weighted by molar-refractivity contribution is 5.94. The van der Waals surface area contributed by atoms with Crippen LogP contribution in [0.4, 0.5) is 5.82 Å². The molecule has 1 aromatic carbocycles. The van der Waals surface area contributed by atoms with Gasteiger partial charge in [0.15, 0.2) is 0 Å².